The van der Waals surface area contributed by atoms with Gasteiger partial charge in [-0.05, 0) is 32.4 Å². The summed E-state index contributed by atoms with van der Waals surface area (Å²) in [6.07, 6.45) is 1.99. The molecule has 0 radical (unpaired) electrons. The van der Waals surface area contributed by atoms with E-state index in [1.165, 1.54) is 0 Å². The van der Waals surface area contributed by atoms with Crippen LogP contribution in [0.4, 0.5) is 0 Å². The Labute approximate surface area is 141 Å². The van der Waals surface area contributed by atoms with E-state index >= 15 is 0 Å². The molecule has 1 aromatic heterocycles. The maximum atomic E-state index is 13.0. The van der Waals surface area contributed by atoms with Gasteiger partial charge in [-0.15, -0.1) is 0 Å². The van der Waals surface area contributed by atoms with Crippen molar-refractivity contribution >= 4 is 15.7 Å². The fourth-order valence-corrected chi connectivity index (χ4v) is 5.04. The average molecular weight is 354 g/mol. The molecule has 1 amide bonds. The van der Waals surface area contributed by atoms with Crippen molar-refractivity contribution in [3.63, 3.8) is 0 Å². The first-order chi connectivity index (χ1) is 11.4. The molecule has 0 aromatic carbocycles. The third-order valence-corrected chi connectivity index (χ3v) is 6.48. The van der Waals surface area contributed by atoms with E-state index < -0.39 is 15.1 Å². The second-order valence-electron chi connectivity index (χ2n) is 6.36. The van der Waals surface area contributed by atoms with Crippen LogP contribution in [0, 0.1) is 0 Å². The van der Waals surface area contributed by atoms with Gasteiger partial charge in [-0.1, -0.05) is 0 Å². The van der Waals surface area contributed by atoms with Crippen LogP contribution in [0.15, 0.2) is 18.3 Å². The van der Waals surface area contributed by atoms with Crippen molar-refractivity contribution in [2.24, 2.45) is 0 Å². The predicted octanol–water partition coefficient (Wildman–Crippen LogP) is 0.897. The van der Waals surface area contributed by atoms with E-state index in [0.29, 0.717) is 18.6 Å². The maximum Gasteiger partial charge on any atom is 0.259 e. The van der Waals surface area contributed by atoms with Gasteiger partial charge in [-0.25, -0.2) is 13.4 Å². The number of carbonyl (C=O) groups is 1. The second kappa shape index (κ2) is 6.68. The van der Waals surface area contributed by atoms with Crippen molar-refractivity contribution in [2.45, 2.75) is 37.7 Å². The fourth-order valence-electron chi connectivity index (χ4n) is 3.22. The minimum Gasteiger partial charge on any atom is -0.474 e. The minimum atomic E-state index is -3.23. The molecule has 7 nitrogen and oxygen atoms in total. The van der Waals surface area contributed by atoms with Gasteiger partial charge in [0.25, 0.3) is 5.91 Å². The molecule has 0 spiro atoms. The van der Waals surface area contributed by atoms with Crippen LogP contribution in [0.3, 0.4) is 0 Å². The van der Waals surface area contributed by atoms with Crippen LogP contribution in [0.1, 0.15) is 30.6 Å². The highest BCUT2D eigenvalue weighted by atomic mass is 32.2. The summed E-state index contributed by atoms with van der Waals surface area (Å²) in [7, 11) is -3.23. The number of carbonyl (C=O) groups excluding carboxylic acids is 1. The standard InChI is InChI=1S/C16H22N2O5S/c1-11(2)23-15-12(4-3-6-17-15)16(19)18-7-9-24(20,21)14-10-22-8-5-13(14)18/h3-4,6,11,13-14H,5,7-10H2,1-2H3/t13-,14-/m1/s1. The molecule has 2 atom stereocenters. The van der Waals surface area contributed by atoms with Crippen molar-refractivity contribution < 1.29 is 22.7 Å². The number of aromatic nitrogens is 1. The lowest BCUT2D eigenvalue weighted by atomic mass is 10.0. The van der Waals surface area contributed by atoms with Crippen molar-refractivity contribution in [2.75, 3.05) is 25.5 Å². The lowest BCUT2D eigenvalue weighted by Crippen LogP contribution is -2.60. The lowest BCUT2D eigenvalue weighted by molar-refractivity contribution is 0.0291. The summed E-state index contributed by atoms with van der Waals surface area (Å²) >= 11 is 0. The number of fused-ring (bicyclic) bond motifs is 1. The molecule has 0 unspecified atom stereocenters. The molecule has 1 aromatic rings. The highest BCUT2D eigenvalue weighted by Crippen LogP contribution is 2.29. The number of hydrogen-bond acceptors (Lipinski definition) is 6. The van der Waals surface area contributed by atoms with Crippen molar-refractivity contribution in [3.05, 3.63) is 23.9 Å². The number of rotatable bonds is 3. The van der Waals surface area contributed by atoms with Gasteiger partial charge in [-0.2, -0.15) is 0 Å². The first-order valence-corrected chi connectivity index (χ1v) is 9.83. The van der Waals surface area contributed by atoms with Gasteiger partial charge in [0, 0.05) is 19.3 Å². The molecule has 0 bridgehead atoms. The van der Waals surface area contributed by atoms with E-state index in [-0.39, 0.29) is 42.8 Å². The molecular weight excluding hydrogens is 332 g/mol. The van der Waals surface area contributed by atoms with Gasteiger partial charge in [0.2, 0.25) is 5.88 Å². The summed E-state index contributed by atoms with van der Waals surface area (Å²) < 4.78 is 35.5. The molecular formula is C16H22N2O5S. The Balaban J connectivity index is 1.90. The molecule has 0 N–H and O–H groups in total. The third kappa shape index (κ3) is 3.25. The quantitative estimate of drug-likeness (QED) is 0.802. The zero-order valence-electron chi connectivity index (χ0n) is 13.8. The monoisotopic (exact) mass is 354 g/mol. The summed E-state index contributed by atoms with van der Waals surface area (Å²) in [4.78, 5) is 18.8. The molecule has 2 aliphatic heterocycles. The molecule has 0 aliphatic carbocycles. The van der Waals surface area contributed by atoms with E-state index in [1.807, 2.05) is 13.8 Å². The van der Waals surface area contributed by atoms with Gasteiger partial charge >= 0.3 is 0 Å². The molecule has 0 saturated carbocycles. The Morgan fingerprint density at radius 3 is 3.00 bits per heavy atom. The number of nitrogens with zero attached hydrogens (tertiary/aromatic N) is 2. The summed E-state index contributed by atoms with van der Waals surface area (Å²) in [5, 5.41) is -0.643. The van der Waals surface area contributed by atoms with Crippen LogP contribution in [-0.2, 0) is 14.6 Å². The molecule has 3 heterocycles. The molecule has 132 valence electrons. The Hall–Kier alpha value is -1.67. The van der Waals surface area contributed by atoms with Gasteiger partial charge in [0.05, 0.1) is 24.5 Å². The van der Waals surface area contributed by atoms with E-state index in [9.17, 15) is 13.2 Å². The summed E-state index contributed by atoms with van der Waals surface area (Å²) in [6, 6.07) is 3.00. The topological polar surface area (TPSA) is 85.8 Å². The van der Waals surface area contributed by atoms with Crippen LogP contribution >= 0.6 is 0 Å². The molecule has 3 rings (SSSR count). The summed E-state index contributed by atoms with van der Waals surface area (Å²) in [5.41, 5.74) is 0.371. The zero-order valence-corrected chi connectivity index (χ0v) is 14.7. The Morgan fingerprint density at radius 1 is 1.46 bits per heavy atom. The summed E-state index contributed by atoms with van der Waals surface area (Å²) in [5.74, 6) is 0.0178. The van der Waals surface area contributed by atoms with Crippen LogP contribution in [0.2, 0.25) is 0 Å². The number of hydrogen-bond donors (Lipinski definition) is 0. The lowest BCUT2D eigenvalue weighted by Gasteiger charge is -2.43. The second-order valence-corrected chi connectivity index (χ2v) is 8.70. The van der Waals surface area contributed by atoms with Gasteiger partial charge in [0.1, 0.15) is 10.8 Å². The zero-order chi connectivity index (χ0) is 17.3. The highest BCUT2D eigenvalue weighted by molar-refractivity contribution is 7.92. The van der Waals surface area contributed by atoms with Crippen molar-refractivity contribution in [1.82, 2.24) is 9.88 Å². The molecule has 24 heavy (non-hydrogen) atoms. The number of amides is 1. The maximum absolute atomic E-state index is 13.0. The van der Waals surface area contributed by atoms with Gasteiger partial charge in [-0.3, -0.25) is 4.79 Å². The number of ether oxygens (including phenoxy) is 2. The van der Waals surface area contributed by atoms with E-state index in [0.717, 1.165) is 0 Å². The SMILES string of the molecule is CC(C)Oc1ncccc1C(=O)N1CCS(=O)(=O)[C@@H]2COCC[C@H]21. The Bertz CT molecular complexity index is 719. The van der Waals surface area contributed by atoms with E-state index in [2.05, 4.69) is 4.98 Å². The first kappa shape index (κ1) is 17.2. The van der Waals surface area contributed by atoms with Crippen LogP contribution in [0.25, 0.3) is 0 Å². The number of sulfone groups is 1. The normalized spacial score (nSPS) is 26.0. The Morgan fingerprint density at radius 2 is 2.25 bits per heavy atom. The Kier molecular flexibility index (Phi) is 4.78. The molecule has 8 heteroatoms. The fraction of sp³-hybridized carbons (Fsp3) is 0.625. The van der Waals surface area contributed by atoms with E-state index in [4.69, 9.17) is 9.47 Å². The smallest absolute Gasteiger partial charge is 0.259 e. The van der Waals surface area contributed by atoms with Gasteiger partial charge < -0.3 is 14.4 Å². The highest BCUT2D eigenvalue weighted by Gasteiger charge is 2.45. The largest absolute Gasteiger partial charge is 0.474 e. The van der Waals surface area contributed by atoms with Crippen LogP contribution in [0.5, 0.6) is 5.88 Å². The first-order valence-electron chi connectivity index (χ1n) is 8.12. The van der Waals surface area contributed by atoms with Crippen LogP contribution < -0.4 is 4.74 Å². The van der Waals surface area contributed by atoms with E-state index in [1.54, 1.807) is 23.2 Å². The molecule has 2 saturated heterocycles. The third-order valence-electron chi connectivity index (χ3n) is 4.36. The number of pyridine rings is 1. The van der Waals surface area contributed by atoms with Crippen LogP contribution in [-0.4, -0.2) is 67.1 Å². The molecule has 2 fully saturated rings. The van der Waals surface area contributed by atoms with Gasteiger partial charge in [0.15, 0.2) is 9.84 Å². The minimum absolute atomic E-state index is 0.0378. The summed E-state index contributed by atoms with van der Waals surface area (Å²) in [6.45, 7) is 4.54. The van der Waals surface area contributed by atoms with Crippen molar-refractivity contribution in [3.8, 4) is 5.88 Å². The predicted molar refractivity (Wildman–Crippen MR) is 87.8 cm³/mol. The average Bonchev–Trinajstić information content (AvgIpc) is 2.54. The molecule has 2 aliphatic rings. The van der Waals surface area contributed by atoms with Crippen molar-refractivity contribution in [1.29, 1.82) is 0 Å².